The van der Waals surface area contributed by atoms with Crippen LogP contribution >= 0.6 is 0 Å². The number of esters is 1. The maximum Gasteiger partial charge on any atom is 0.311 e. The quantitative estimate of drug-likeness (QED) is 0.799. The van der Waals surface area contributed by atoms with Gasteiger partial charge in [0.2, 0.25) is 0 Å². The molecule has 1 aromatic rings. The predicted octanol–water partition coefficient (Wildman–Crippen LogP) is 2.62. The lowest BCUT2D eigenvalue weighted by molar-refractivity contribution is -0.182. The van der Waals surface area contributed by atoms with Crippen LogP contribution in [-0.2, 0) is 20.8 Å². The average molecular weight is 316 g/mol. The van der Waals surface area contributed by atoms with E-state index in [9.17, 15) is 10.1 Å². The number of carbonyl (C=O) groups excluding carboxylic acids is 1. The van der Waals surface area contributed by atoms with Crippen LogP contribution in [0.4, 0.5) is 0 Å². The molecule has 0 bridgehead atoms. The van der Waals surface area contributed by atoms with Gasteiger partial charge in [0.15, 0.2) is 5.60 Å². The Morgan fingerprint density at radius 2 is 1.83 bits per heavy atom. The Labute approximate surface area is 137 Å². The predicted molar refractivity (Wildman–Crippen MR) is 86.6 cm³/mol. The number of hydrogen-bond acceptors (Lipinski definition) is 5. The molecule has 1 saturated heterocycles. The lowest BCUT2D eigenvalue weighted by Gasteiger charge is -2.35. The third kappa shape index (κ3) is 4.10. The van der Waals surface area contributed by atoms with Crippen LogP contribution in [0.1, 0.15) is 35.1 Å². The molecule has 0 saturated carbocycles. The Kier molecular flexibility index (Phi) is 5.40. The number of piperidine rings is 1. The molecule has 0 atom stereocenters. The first-order valence-electron chi connectivity index (χ1n) is 7.88. The highest BCUT2D eigenvalue weighted by molar-refractivity contribution is 5.74. The minimum absolute atomic E-state index is 0.204. The standard InChI is InChI=1S/C18H24N2O3/c1-13-9-14(2)16(15(3)10-13)11-17(21)23-18(12-19)5-7-20(22-4)8-6-18/h9-10H,5-8,11H2,1-4H3. The summed E-state index contributed by atoms with van der Waals surface area (Å²) < 4.78 is 5.58. The summed E-state index contributed by atoms with van der Waals surface area (Å²) >= 11 is 0. The van der Waals surface area contributed by atoms with Crippen LogP contribution in [-0.4, -0.2) is 36.8 Å². The zero-order valence-electron chi connectivity index (χ0n) is 14.3. The molecule has 0 aliphatic carbocycles. The van der Waals surface area contributed by atoms with Gasteiger partial charge in [0.1, 0.15) is 6.07 Å². The van der Waals surface area contributed by atoms with Gasteiger partial charge in [-0.05, 0) is 37.5 Å². The zero-order valence-corrected chi connectivity index (χ0v) is 14.3. The van der Waals surface area contributed by atoms with Crippen LogP contribution in [0.5, 0.6) is 0 Å². The molecule has 1 aliphatic heterocycles. The van der Waals surface area contributed by atoms with Crippen LogP contribution < -0.4 is 0 Å². The molecule has 1 aliphatic rings. The van der Waals surface area contributed by atoms with E-state index in [1.807, 2.05) is 20.8 Å². The lowest BCUT2D eigenvalue weighted by atomic mass is 9.93. The Balaban J connectivity index is 2.06. The summed E-state index contributed by atoms with van der Waals surface area (Å²) in [6, 6.07) is 6.32. The molecule has 5 heteroatoms. The number of hydroxylamine groups is 2. The lowest BCUT2D eigenvalue weighted by Crippen LogP contribution is -2.46. The van der Waals surface area contributed by atoms with Gasteiger partial charge >= 0.3 is 5.97 Å². The molecule has 0 radical (unpaired) electrons. The fraction of sp³-hybridized carbons (Fsp3) is 0.556. The van der Waals surface area contributed by atoms with Gasteiger partial charge in [0, 0.05) is 25.9 Å². The largest absolute Gasteiger partial charge is 0.443 e. The Morgan fingerprint density at radius 3 is 2.30 bits per heavy atom. The number of nitrogens with zero attached hydrogens (tertiary/aromatic N) is 2. The second-order valence-electron chi connectivity index (χ2n) is 6.25. The van der Waals surface area contributed by atoms with Crippen LogP contribution in [0.25, 0.3) is 0 Å². The van der Waals surface area contributed by atoms with E-state index in [1.165, 1.54) is 5.56 Å². The van der Waals surface area contributed by atoms with E-state index in [0.29, 0.717) is 25.9 Å². The van der Waals surface area contributed by atoms with Crippen molar-refractivity contribution >= 4 is 5.97 Å². The van der Waals surface area contributed by atoms with Gasteiger partial charge < -0.3 is 9.57 Å². The molecular formula is C18H24N2O3. The molecule has 5 nitrogen and oxygen atoms in total. The van der Waals surface area contributed by atoms with Crippen molar-refractivity contribution in [2.45, 2.75) is 45.6 Å². The van der Waals surface area contributed by atoms with Crippen molar-refractivity contribution in [3.63, 3.8) is 0 Å². The molecule has 1 aromatic carbocycles. The summed E-state index contributed by atoms with van der Waals surface area (Å²) in [5.74, 6) is -0.340. The number of carbonyl (C=O) groups is 1. The molecule has 1 fully saturated rings. The van der Waals surface area contributed by atoms with Crippen LogP contribution in [0.2, 0.25) is 0 Å². The Morgan fingerprint density at radius 1 is 1.26 bits per heavy atom. The molecule has 0 N–H and O–H groups in total. The monoisotopic (exact) mass is 316 g/mol. The number of benzene rings is 1. The van der Waals surface area contributed by atoms with Crippen molar-refractivity contribution in [1.82, 2.24) is 5.06 Å². The van der Waals surface area contributed by atoms with Crippen molar-refractivity contribution < 1.29 is 14.4 Å². The van der Waals surface area contributed by atoms with Crippen LogP contribution in [0.15, 0.2) is 12.1 Å². The maximum atomic E-state index is 12.4. The summed E-state index contributed by atoms with van der Waals surface area (Å²) in [6.45, 7) is 7.20. The van der Waals surface area contributed by atoms with Gasteiger partial charge in [0.05, 0.1) is 13.5 Å². The van der Waals surface area contributed by atoms with Gasteiger partial charge in [-0.3, -0.25) is 4.79 Å². The van der Waals surface area contributed by atoms with E-state index in [2.05, 4.69) is 18.2 Å². The molecule has 0 spiro atoms. The maximum absolute atomic E-state index is 12.4. The summed E-state index contributed by atoms with van der Waals surface area (Å²) in [7, 11) is 1.61. The third-order valence-corrected chi connectivity index (χ3v) is 4.46. The van der Waals surface area contributed by atoms with Crippen molar-refractivity contribution in [2.24, 2.45) is 0 Å². The minimum atomic E-state index is -1.03. The smallest absolute Gasteiger partial charge is 0.311 e. The second kappa shape index (κ2) is 7.12. The topological polar surface area (TPSA) is 62.6 Å². The normalized spacial score (nSPS) is 17.5. The average Bonchev–Trinajstić information content (AvgIpc) is 2.51. The second-order valence-corrected chi connectivity index (χ2v) is 6.25. The summed E-state index contributed by atoms with van der Waals surface area (Å²) in [6.07, 6.45) is 1.14. The highest BCUT2D eigenvalue weighted by Crippen LogP contribution is 2.27. The number of rotatable bonds is 4. The van der Waals surface area contributed by atoms with E-state index in [4.69, 9.17) is 9.57 Å². The van der Waals surface area contributed by atoms with E-state index < -0.39 is 5.60 Å². The van der Waals surface area contributed by atoms with Gasteiger partial charge in [-0.25, -0.2) is 0 Å². The fourth-order valence-electron chi connectivity index (χ4n) is 3.15. The van der Waals surface area contributed by atoms with Crippen molar-refractivity contribution in [3.8, 4) is 6.07 Å². The first kappa shape index (κ1) is 17.5. The van der Waals surface area contributed by atoms with Crippen LogP contribution in [0.3, 0.4) is 0 Å². The third-order valence-electron chi connectivity index (χ3n) is 4.46. The molecule has 124 valence electrons. The van der Waals surface area contributed by atoms with Crippen molar-refractivity contribution in [3.05, 3.63) is 34.4 Å². The first-order chi connectivity index (χ1) is 10.9. The summed E-state index contributed by atoms with van der Waals surface area (Å²) in [5.41, 5.74) is 3.30. The molecule has 2 rings (SSSR count). The van der Waals surface area contributed by atoms with E-state index in [1.54, 1.807) is 12.2 Å². The minimum Gasteiger partial charge on any atom is -0.443 e. The van der Waals surface area contributed by atoms with Gasteiger partial charge in [-0.1, -0.05) is 17.7 Å². The highest BCUT2D eigenvalue weighted by atomic mass is 16.7. The van der Waals surface area contributed by atoms with Crippen molar-refractivity contribution in [2.75, 3.05) is 20.2 Å². The number of ether oxygens (including phenoxy) is 1. The molecule has 23 heavy (non-hydrogen) atoms. The number of nitriles is 1. The van der Waals surface area contributed by atoms with Crippen LogP contribution in [0, 0.1) is 32.1 Å². The first-order valence-corrected chi connectivity index (χ1v) is 7.88. The molecule has 1 heterocycles. The highest BCUT2D eigenvalue weighted by Gasteiger charge is 2.38. The Bertz CT molecular complexity index is 603. The van der Waals surface area contributed by atoms with E-state index >= 15 is 0 Å². The number of aryl methyl sites for hydroxylation is 3. The zero-order chi connectivity index (χ0) is 17.0. The fourth-order valence-corrected chi connectivity index (χ4v) is 3.15. The Hall–Kier alpha value is -1.90. The molecule has 0 amide bonds. The van der Waals surface area contributed by atoms with Gasteiger partial charge in [-0.2, -0.15) is 10.3 Å². The van der Waals surface area contributed by atoms with Crippen molar-refractivity contribution in [1.29, 1.82) is 5.26 Å². The van der Waals surface area contributed by atoms with Gasteiger partial charge in [-0.15, -0.1) is 0 Å². The number of hydrogen-bond donors (Lipinski definition) is 0. The van der Waals surface area contributed by atoms with E-state index in [-0.39, 0.29) is 12.4 Å². The summed E-state index contributed by atoms with van der Waals surface area (Å²) in [4.78, 5) is 17.5. The molecular weight excluding hydrogens is 292 g/mol. The summed E-state index contributed by atoms with van der Waals surface area (Å²) in [5, 5.41) is 11.2. The molecule has 0 unspecified atom stereocenters. The SMILES string of the molecule is CON1CCC(C#N)(OC(=O)Cc2c(C)cc(C)cc2C)CC1. The van der Waals surface area contributed by atoms with Gasteiger partial charge in [0.25, 0.3) is 0 Å². The van der Waals surface area contributed by atoms with E-state index in [0.717, 1.165) is 16.7 Å². The molecule has 0 aromatic heterocycles.